The van der Waals surface area contributed by atoms with Crippen molar-refractivity contribution in [2.24, 2.45) is 0 Å². The van der Waals surface area contributed by atoms with E-state index in [1.165, 1.54) is 30.2 Å². The molecular formula is C28H30N2O7. The highest BCUT2D eigenvalue weighted by atomic mass is 16.6. The Labute approximate surface area is 215 Å². The van der Waals surface area contributed by atoms with Gasteiger partial charge in [0.25, 0.3) is 5.69 Å². The largest absolute Gasteiger partial charge is 0.466 e. The van der Waals surface area contributed by atoms with Gasteiger partial charge in [-0.25, -0.2) is 4.79 Å². The lowest BCUT2D eigenvalue weighted by Crippen LogP contribution is -2.39. The number of rotatable bonds is 11. The maximum atomic E-state index is 12.7. The van der Waals surface area contributed by atoms with Crippen LogP contribution in [0.4, 0.5) is 10.5 Å². The second-order valence-electron chi connectivity index (χ2n) is 8.42. The molecule has 0 bridgehead atoms. The van der Waals surface area contributed by atoms with Crippen molar-refractivity contribution < 1.29 is 28.7 Å². The number of nitro groups is 1. The van der Waals surface area contributed by atoms with E-state index in [4.69, 9.17) is 14.2 Å². The Morgan fingerprint density at radius 2 is 1.73 bits per heavy atom. The second-order valence-corrected chi connectivity index (χ2v) is 8.42. The van der Waals surface area contributed by atoms with Gasteiger partial charge in [-0.3, -0.25) is 14.9 Å². The van der Waals surface area contributed by atoms with Crippen LogP contribution in [0.1, 0.15) is 30.5 Å². The molecule has 3 aromatic carbocycles. The molecule has 0 heterocycles. The summed E-state index contributed by atoms with van der Waals surface area (Å²) in [6.07, 6.45) is 0.0970. The molecule has 9 heteroatoms. The van der Waals surface area contributed by atoms with E-state index in [1.54, 1.807) is 31.2 Å². The predicted molar refractivity (Wildman–Crippen MR) is 138 cm³/mol. The SMILES string of the molecule is CCOC(=O)Cc1cccc(Oc2ccc([N+](=O)[O-])cc2CN(C(=O)OC)[C@@H](C)Cc2ccccc2)c1. The van der Waals surface area contributed by atoms with E-state index in [-0.39, 0.29) is 30.7 Å². The Morgan fingerprint density at radius 3 is 2.41 bits per heavy atom. The molecule has 0 spiro atoms. The Balaban J connectivity index is 1.90. The quantitative estimate of drug-likeness (QED) is 0.187. The molecule has 0 N–H and O–H groups in total. The number of carbonyl (C=O) groups is 2. The van der Waals surface area contributed by atoms with Gasteiger partial charge in [-0.2, -0.15) is 0 Å². The van der Waals surface area contributed by atoms with Crippen molar-refractivity contribution in [2.75, 3.05) is 13.7 Å². The number of ether oxygens (including phenoxy) is 3. The van der Waals surface area contributed by atoms with E-state index in [9.17, 15) is 19.7 Å². The number of benzene rings is 3. The molecule has 1 atom stereocenters. The smallest absolute Gasteiger partial charge is 0.410 e. The van der Waals surface area contributed by atoms with Crippen molar-refractivity contribution in [1.82, 2.24) is 4.90 Å². The number of esters is 1. The first-order chi connectivity index (χ1) is 17.8. The van der Waals surface area contributed by atoms with Crippen LogP contribution in [0.2, 0.25) is 0 Å². The first-order valence-electron chi connectivity index (χ1n) is 11.9. The number of non-ortho nitro benzene ring substituents is 1. The van der Waals surface area contributed by atoms with E-state index >= 15 is 0 Å². The fourth-order valence-corrected chi connectivity index (χ4v) is 3.89. The Bertz CT molecular complexity index is 1230. The van der Waals surface area contributed by atoms with Gasteiger partial charge in [0.1, 0.15) is 11.5 Å². The van der Waals surface area contributed by atoms with E-state index in [2.05, 4.69) is 0 Å². The molecule has 0 saturated carbocycles. The molecule has 0 saturated heterocycles. The maximum absolute atomic E-state index is 12.7. The van der Waals surface area contributed by atoms with Crippen LogP contribution in [0, 0.1) is 10.1 Å². The van der Waals surface area contributed by atoms with Crippen molar-refractivity contribution in [3.63, 3.8) is 0 Å². The Kier molecular flexibility index (Phi) is 9.60. The summed E-state index contributed by atoms with van der Waals surface area (Å²) in [6.45, 7) is 3.95. The molecule has 3 aromatic rings. The maximum Gasteiger partial charge on any atom is 0.410 e. The van der Waals surface area contributed by atoms with Gasteiger partial charge in [0, 0.05) is 23.7 Å². The Hall–Kier alpha value is -4.40. The van der Waals surface area contributed by atoms with Crippen LogP contribution in [-0.2, 0) is 33.7 Å². The molecule has 0 unspecified atom stereocenters. The zero-order chi connectivity index (χ0) is 26.8. The standard InChI is InChI=1S/C28H30N2O7/c1-4-36-27(31)17-22-11-8-12-25(16-22)37-26-14-13-24(30(33)34)18-23(26)19-29(28(32)35-3)20(2)15-21-9-6-5-7-10-21/h5-14,16,18,20H,4,15,17,19H2,1-3H3/t20-/m0/s1. The van der Waals surface area contributed by atoms with Crippen molar-refractivity contribution in [3.8, 4) is 11.5 Å². The average Bonchev–Trinajstić information content (AvgIpc) is 2.88. The molecule has 0 aliphatic rings. The average molecular weight is 507 g/mol. The lowest BCUT2D eigenvalue weighted by atomic mass is 10.0. The molecule has 9 nitrogen and oxygen atoms in total. The van der Waals surface area contributed by atoms with Crippen LogP contribution in [-0.4, -0.2) is 41.6 Å². The third kappa shape index (κ3) is 7.79. The minimum atomic E-state index is -0.558. The number of nitro benzene ring substituents is 1. The molecule has 0 radical (unpaired) electrons. The van der Waals surface area contributed by atoms with E-state index in [0.717, 1.165) is 5.56 Å². The molecule has 1 amide bonds. The summed E-state index contributed by atoms with van der Waals surface area (Å²) in [7, 11) is 1.30. The zero-order valence-corrected chi connectivity index (χ0v) is 21.1. The highest BCUT2D eigenvalue weighted by Gasteiger charge is 2.24. The van der Waals surface area contributed by atoms with Crippen LogP contribution in [0.25, 0.3) is 0 Å². The minimum Gasteiger partial charge on any atom is -0.466 e. The molecule has 37 heavy (non-hydrogen) atoms. The summed E-state index contributed by atoms with van der Waals surface area (Å²) >= 11 is 0. The summed E-state index contributed by atoms with van der Waals surface area (Å²) in [5.41, 5.74) is 2.05. The minimum absolute atomic E-state index is 0.0280. The van der Waals surface area contributed by atoms with Gasteiger partial charge >= 0.3 is 12.1 Å². The van der Waals surface area contributed by atoms with E-state index in [0.29, 0.717) is 35.7 Å². The molecule has 0 aliphatic carbocycles. The molecule has 3 rings (SSSR count). The first kappa shape index (κ1) is 27.2. The number of hydrogen-bond donors (Lipinski definition) is 0. The third-order valence-corrected chi connectivity index (χ3v) is 5.69. The first-order valence-corrected chi connectivity index (χ1v) is 11.9. The summed E-state index contributed by atoms with van der Waals surface area (Å²) in [5.74, 6) is 0.440. The normalized spacial score (nSPS) is 11.3. The summed E-state index contributed by atoms with van der Waals surface area (Å²) in [4.78, 5) is 37.1. The highest BCUT2D eigenvalue weighted by molar-refractivity contribution is 5.72. The monoisotopic (exact) mass is 506 g/mol. The van der Waals surface area contributed by atoms with Crippen LogP contribution in [0.3, 0.4) is 0 Å². The summed E-state index contributed by atoms with van der Waals surface area (Å²) < 4.78 is 16.1. The molecule has 0 aliphatic heterocycles. The molecule has 0 fully saturated rings. The van der Waals surface area contributed by atoms with E-state index in [1.807, 2.05) is 37.3 Å². The van der Waals surface area contributed by atoms with Gasteiger partial charge in [0.05, 0.1) is 31.6 Å². The van der Waals surface area contributed by atoms with Crippen LogP contribution in [0.15, 0.2) is 72.8 Å². The van der Waals surface area contributed by atoms with Gasteiger partial charge in [-0.05, 0) is 49.6 Å². The van der Waals surface area contributed by atoms with Gasteiger partial charge < -0.3 is 19.1 Å². The second kappa shape index (κ2) is 13.1. The summed E-state index contributed by atoms with van der Waals surface area (Å²) in [5, 5.41) is 11.5. The van der Waals surface area contributed by atoms with Crippen molar-refractivity contribution in [2.45, 2.75) is 39.3 Å². The fraction of sp³-hybridized carbons (Fsp3) is 0.286. The number of nitrogens with zero attached hydrogens (tertiary/aromatic N) is 2. The lowest BCUT2D eigenvalue weighted by molar-refractivity contribution is -0.385. The highest BCUT2D eigenvalue weighted by Crippen LogP contribution is 2.31. The van der Waals surface area contributed by atoms with Gasteiger partial charge in [-0.15, -0.1) is 0 Å². The predicted octanol–water partition coefficient (Wildman–Crippen LogP) is 5.69. The van der Waals surface area contributed by atoms with Gasteiger partial charge in [-0.1, -0.05) is 42.5 Å². The molecular weight excluding hydrogens is 476 g/mol. The van der Waals surface area contributed by atoms with Crippen molar-refractivity contribution in [1.29, 1.82) is 0 Å². The van der Waals surface area contributed by atoms with Crippen LogP contribution < -0.4 is 4.74 Å². The van der Waals surface area contributed by atoms with E-state index < -0.39 is 11.0 Å². The topological polar surface area (TPSA) is 108 Å². The fourth-order valence-electron chi connectivity index (χ4n) is 3.89. The third-order valence-electron chi connectivity index (χ3n) is 5.69. The molecule has 194 valence electrons. The number of hydrogen-bond acceptors (Lipinski definition) is 7. The van der Waals surface area contributed by atoms with Crippen molar-refractivity contribution >= 4 is 17.7 Å². The van der Waals surface area contributed by atoms with Crippen molar-refractivity contribution in [3.05, 3.63) is 99.6 Å². The van der Waals surface area contributed by atoms with Gasteiger partial charge in [0.2, 0.25) is 0 Å². The van der Waals surface area contributed by atoms with Crippen LogP contribution in [0.5, 0.6) is 11.5 Å². The lowest BCUT2D eigenvalue weighted by Gasteiger charge is -2.28. The number of methoxy groups -OCH3 is 1. The zero-order valence-electron chi connectivity index (χ0n) is 21.1. The molecule has 0 aromatic heterocycles. The Morgan fingerprint density at radius 1 is 1.00 bits per heavy atom. The number of amides is 1. The van der Waals surface area contributed by atoms with Crippen LogP contribution >= 0.6 is 0 Å². The number of carbonyl (C=O) groups excluding carboxylic acids is 2. The summed E-state index contributed by atoms with van der Waals surface area (Å²) in [6, 6.07) is 20.6. The van der Waals surface area contributed by atoms with Gasteiger partial charge in [0.15, 0.2) is 0 Å².